The molecular weight excluding hydrogens is 252 g/mol. The van der Waals surface area contributed by atoms with Crippen molar-refractivity contribution in [1.29, 1.82) is 0 Å². The summed E-state index contributed by atoms with van der Waals surface area (Å²) in [6, 6.07) is 6.03. The highest BCUT2D eigenvalue weighted by atomic mass is 16.5. The molecule has 1 aromatic heterocycles. The Morgan fingerprint density at radius 1 is 1.30 bits per heavy atom. The van der Waals surface area contributed by atoms with Gasteiger partial charge in [0.1, 0.15) is 11.6 Å². The number of ether oxygens (including phenoxy) is 1. The van der Waals surface area contributed by atoms with Crippen molar-refractivity contribution in [1.82, 2.24) is 14.8 Å². The average Bonchev–Trinajstić information content (AvgIpc) is 2.78. The highest BCUT2D eigenvalue weighted by Gasteiger charge is 2.20. The highest BCUT2D eigenvalue weighted by molar-refractivity contribution is 5.59. The predicted molar refractivity (Wildman–Crippen MR) is 79.6 cm³/mol. The van der Waals surface area contributed by atoms with Gasteiger partial charge in [-0.15, -0.1) is 0 Å². The molecule has 0 unspecified atom stereocenters. The SMILES string of the molecule is COc1ccc(-c2nc(CN)n(C)n2)cc1C(C)(C)C. The van der Waals surface area contributed by atoms with Crippen LogP contribution in [0, 0.1) is 0 Å². The van der Waals surface area contributed by atoms with E-state index in [-0.39, 0.29) is 5.41 Å². The van der Waals surface area contributed by atoms with Crippen molar-refractivity contribution in [3.63, 3.8) is 0 Å². The Morgan fingerprint density at radius 3 is 2.50 bits per heavy atom. The van der Waals surface area contributed by atoms with E-state index in [1.807, 2.05) is 19.2 Å². The van der Waals surface area contributed by atoms with E-state index in [1.54, 1.807) is 11.8 Å². The summed E-state index contributed by atoms with van der Waals surface area (Å²) in [6.45, 7) is 6.86. The number of hydrogen-bond donors (Lipinski definition) is 1. The van der Waals surface area contributed by atoms with Gasteiger partial charge in [0.05, 0.1) is 13.7 Å². The average molecular weight is 274 g/mol. The molecule has 1 aromatic carbocycles. The number of nitrogens with zero attached hydrogens (tertiary/aromatic N) is 3. The Hall–Kier alpha value is -1.88. The molecule has 5 nitrogen and oxygen atoms in total. The van der Waals surface area contributed by atoms with Crippen LogP contribution in [0.15, 0.2) is 18.2 Å². The molecule has 2 N–H and O–H groups in total. The van der Waals surface area contributed by atoms with E-state index in [0.717, 1.165) is 22.7 Å². The topological polar surface area (TPSA) is 66.0 Å². The van der Waals surface area contributed by atoms with Gasteiger partial charge >= 0.3 is 0 Å². The molecule has 0 aliphatic rings. The van der Waals surface area contributed by atoms with Crippen molar-refractivity contribution in [2.45, 2.75) is 32.7 Å². The second-order valence-corrected chi connectivity index (χ2v) is 5.84. The first-order chi connectivity index (χ1) is 9.36. The molecule has 2 rings (SSSR count). The minimum absolute atomic E-state index is 0.00711. The summed E-state index contributed by atoms with van der Waals surface area (Å²) in [4.78, 5) is 4.46. The van der Waals surface area contributed by atoms with Gasteiger partial charge < -0.3 is 10.5 Å². The lowest BCUT2D eigenvalue weighted by Gasteiger charge is -2.22. The van der Waals surface area contributed by atoms with E-state index in [2.05, 4.69) is 36.9 Å². The Bertz CT molecular complexity index is 611. The molecular formula is C15H22N4O. The van der Waals surface area contributed by atoms with Crippen LogP contribution in [0.2, 0.25) is 0 Å². The molecule has 0 bridgehead atoms. The summed E-state index contributed by atoms with van der Waals surface area (Å²) < 4.78 is 7.17. The maximum absolute atomic E-state index is 5.64. The van der Waals surface area contributed by atoms with Crippen LogP contribution in [0.1, 0.15) is 32.2 Å². The van der Waals surface area contributed by atoms with Crippen molar-refractivity contribution in [3.05, 3.63) is 29.6 Å². The third kappa shape index (κ3) is 2.67. The van der Waals surface area contributed by atoms with E-state index in [4.69, 9.17) is 10.5 Å². The van der Waals surface area contributed by atoms with Gasteiger partial charge in [0.2, 0.25) is 0 Å². The van der Waals surface area contributed by atoms with Gasteiger partial charge in [-0.05, 0) is 23.6 Å². The largest absolute Gasteiger partial charge is 0.496 e. The maximum atomic E-state index is 5.64. The predicted octanol–water partition coefficient (Wildman–Crippen LogP) is 2.25. The fourth-order valence-electron chi connectivity index (χ4n) is 2.15. The Kier molecular flexibility index (Phi) is 3.81. The molecule has 0 fully saturated rings. The fourth-order valence-corrected chi connectivity index (χ4v) is 2.15. The van der Waals surface area contributed by atoms with Crippen molar-refractivity contribution in [2.75, 3.05) is 7.11 Å². The monoisotopic (exact) mass is 274 g/mol. The van der Waals surface area contributed by atoms with E-state index >= 15 is 0 Å². The summed E-state index contributed by atoms with van der Waals surface area (Å²) >= 11 is 0. The quantitative estimate of drug-likeness (QED) is 0.932. The molecule has 0 saturated heterocycles. The number of aryl methyl sites for hydroxylation is 1. The Morgan fingerprint density at radius 2 is 2.00 bits per heavy atom. The van der Waals surface area contributed by atoms with E-state index in [9.17, 15) is 0 Å². The molecule has 0 saturated carbocycles. The van der Waals surface area contributed by atoms with E-state index in [0.29, 0.717) is 12.4 Å². The van der Waals surface area contributed by atoms with Gasteiger partial charge in [-0.1, -0.05) is 20.8 Å². The lowest BCUT2D eigenvalue weighted by Crippen LogP contribution is -2.13. The smallest absolute Gasteiger partial charge is 0.181 e. The molecule has 0 amide bonds. The van der Waals surface area contributed by atoms with Crippen molar-refractivity contribution in [3.8, 4) is 17.1 Å². The van der Waals surface area contributed by atoms with E-state index < -0.39 is 0 Å². The van der Waals surface area contributed by atoms with Crippen molar-refractivity contribution >= 4 is 0 Å². The van der Waals surface area contributed by atoms with Crippen LogP contribution >= 0.6 is 0 Å². The molecule has 0 aliphatic carbocycles. The van der Waals surface area contributed by atoms with E-state index in [1.165, 1.54) is 0 Å². The molecule has 5 heteroatoms. The van der Waals surface area contributed by atoms with Gasteiger partial charge in [-0.2, -0.15) is 5.10 Å². The highest BCUT2D eigenvalue weighted by Crippen LogP contribution is 2.34. The standard InChI is InChI=1S/C15H22N4O/c1-15(2,3)11-8-10(6-7-12(11)20-5)14-17-13(9-16)19(4)18-14/h6-8H,9,16H2,1-5H3. The Balaban J connectivity index is 2.52. The first-order valence-electron chi connectivity index (χ1n) is 6.65. The molecule has 20 heavy (non-hydrogen) atoms. The van der Waals surface area contributed by atoms with Crippen LogP contribution in [-0.2, 0) is 19.0 Å². The minimum Gasteiger partial charge on any atom is -0.496 e. The number of methoxy groups -OCH3 is 1. The van der Waals surface area contributed by atoms with Crippen molar-refractivity contribution in [2.24, 2.45) is 12.8 Å². The lowest BCUT2D eigenvalue weighted by atomic mass is 9.85. The maximum Gasteiger partial charge on any atom is 0.181 e. The van der Waals surface area contributed by atoms with Gasteiger partial charge in [0.25, 0.3) is 0 Å². The third-order valence-electron chi connectivity index (χ3n) is 3.30. The number of hydrogen-bond acceptors (Lipinski definition) is 4. The molecule has 0 spiro atoms. The summed E-state index contributed by atoms with van der Waals surface area (Å²) in [6.07, 6.45) is 0. The van der Waals surface area contributed by atoms with Gasteiger partial charge in [-0.25, -0.2) is 4.98 Å². The normalized spacial score (nSPS) is 11.7. The molecule has 108 valence electrons. The van der Waals surface area contributed by atoms with Crippen LogP contribution < -0.4 is 10.5 Å². The second kappa shape index (κ2) is 5.25. The molecule has 0 aliphatic heterocycles. The number of aromatic nitrogens is 3. The van der Waals surface area contributed by atoms with Gasteiger partial charge in [0, 0.05) is 18.2 Å². The molecule has 0 atom stereocenters. The van der Waals surface area contributed by atoms with Crippen LogP contribution in [-0.4, -0.2) is 21.9 Å². The summed E-state index contributed by atoms with van der Waals surface area (Å²) in [7, 11) is 3.54. The lowest BCUT2D eigenvalue weighted by molar-refractivity contribution is 0.397. The Labute approximate surface area is 119 Å². The van der Waals surface area contributed by atoms with Crippen LogP contribution in [0.4, 0.5) is 0 Å². The zero-order valence-electron chi connectivity index (χ0n) is 12.8. The van der Waals surface area contributed by atoms with Gasteiger partial charge in [-0.3, -0.25) is 4.68 Å². The first-order valence-corrected chi connectivity index (χ1v) is 6.65. The van der Waals surface area contributed by atoms with Crippen LogP contribution in [0.5, 0.6) is 5.75 Å². The number of rotatable bonds is 3. The minimum atomic E-state index is -0.00711. The molecule has 0 radical (unpaired) electrons. The zero-order valence-corrected chi connectivity index (χ0v) is 12.8. The second-order valence-electron chi connectivity index (χ2n) is 5.84. The third-order valence-corrected chi connectivity index (χ3v) is 3.30. The zero-order chi connectivity index (χ0) is 14.9. The fraction of sp³-hybridized carbons (Fsp3) is 0.467. The van der Waals surface area contributed by atoms with Crippen molar-refractivity contribution < 1.29 is 4.74 Å². The molecule has 2 aromatic rings. The first kappa shape index (κ1) is 14.5. The van der Waals surface area contributed by atoms with Gasteiger partial charge in [0.15, 0.2) is 5.82 Å². The van der Waals surface area contributed by atoms with Crippen LogP contribution in [0.3, 0.4) is 0 Å². The summed E-state index contributed by atoms with van der Waals surface area (Å²) in [5.41, 5.74) is 7.75. The summed E-state index contributed by atoms with van der Waals surface area (Å²) in [5, 5.41) is 4.42. The number of benzene rings is 1. The number of nitrogens with two attached hydrogens (primary N) is 1. The molecule has 1 heterocycles. The van der Waals surface area contributed by atoms with Crippen LogP contribution in [0.25, 0.3) is 11.4 Å². The summed E-state index contributed by atoms with van der Waals surface area (Å²) in [5.74, 6) is 2.35.